The molecule has 1 heterocycles. The normalized spacial score (nSPS) is 11.3. The lowest BCUT2D eigenvalue weighted by molar-refractivity contribution is 0.0957. The molecular formula is C17H22N4OS. The molecule has 1 aromatic carbocycles. The molecule has 0 atom stereocenters. The molecule has 0 fully saturated rings. The van der Waals surface area contributed by atoms with Crippen LogP contribution in [0, 0.1) is 13.8 Å². The summed E-state index contributed by atoms with van der Waals surface area (Å²) >= 11 is 1.43. The predicted molar refractivity (Wildman–Crippen MR) is 97.3 cm³/mol. The molecule has 0 aliphatic rings. The van der Waals surface area contributed by atoms with Crippen LogP contribution in [-0.2, 0) is 0 Å². The standard InChI is InChI=1S/C17H22N4OS/c1-12-6-7-14(11-13(12)2)21-17(18)20-9-4-8-19-16(22)15-5-3-10-23-15/h3,5-7,10-11H,4,8-9H2,1-2H3,(H,19,22)(H3,18,20,21). The molecule has 0 unspecified atom stereocenters. The van der Waals surface area contributed by atoms with Crippen molar-refractivity contribution >= 4 is 28.9 Å². The number of guanidine groups is 1. The zero-order valence-electron chi connectivity index (χ0n) is 13.4. The average Bonchev–Trinajstić information content (AvgIpc) is 3.05. The van der Waals surface area contributed by atoms with Gasteiger partial charge in [0.05, 0.1) is 4.88 Å². The lowest BCUT2D eigenvalue weighted by atomic mass is 10.1. The van der Waals surface area contributed by atoms with Crippen molar-refractivity contribution in [1.82, 2.24) is 5.32 Å². The van der Waals surface area contributed by atoms with E-state index in [1.54, 1.807) is 0 Å². The van der Waals surface area contributed by atoms with Crippen molar-refractivity contribution in [3.8, 4) is 0 Å². The summed E-state index contributed by atoms with van der Waals surface area (Å²) in [6.07, 6.45) is 0.742. The van der Waals surface area contributed by atoms with Crippen molar-refractivity contribution in [2.24, 2.45) is 10.7 Å². The minimum atomic E-state index is -0.0368. The monoisotopic (exact) mass is 330 g/mol. The van der Waals surface area contributed by atoms with Gasteiger partial charge >= 0.3 is 0 Å². The van der Waals surface area contributed by atoms with E-state index in [1.807, 2.05) is 35.7 Å². The second-order valence-corrected chi connectivity index (χ2v) is 6.23. The van der Waals surface area contributed by atoms with Crippen molar-refractivity contribution in [3.63, 3.8) is 0 Å². The van der Waals surface area contributed by atoms with E-state index in [0.717, 1.165) is 17.0 Å². The maximum Gasteiger partial charge on any atom is 0.261 e. The van der Waals surface area contributed by atoms with Crippen molar-refractivity contribution < 1.29 is 4.79 Å². The number of nitrogens with two attached hydrogens (primary N) is 1. The van der Waals surface area contributed by atoms with Gasteiger partial charge in [0.25, 0.3) is 5.91 Å². The van der Waals surface area contributed by atoms with E-state index in [4.69, 9.17) is 5.73 Å². The van der Waals surface area contributed by atoms with Crippen molar-refractivity contribution in [3.05, 3.63) is 51.7 Å². The SMILES string of the molecule is Cc1ccc(NC(N)=NCCCNC(=O)c2cccs2)cc1C. The van der Waals surface area contributed by atoms with Gasteiger partial charge in [-0.15, -0.1) is 11.3 Å². The molecule has 23 heavy (non-hydrogen) atoms. The molecule has 6 heteroatoms. The highest BCUT2D eigenvalue weighted by Crippen LogP contribution is 2.13. The van der Waals surface area contributed by atoms with Crippen LogP contribution in [-0.4, -0.2) is 25.0 Å². The summed E-state index contributed by atoms with van der Waals surface area (Å²) in [6, 6.07) is 9.74. The molecule has 1 aromatic heterocycles. The van der Waals surface area contributed by atoms with Crippen LogP contribution in [0.2, 0.25) is 0 Å². The molecule has 122 valence electrons. The molecular weight excluding hydrogens is 308 g/mol. The van der Waals surface area contributed by atoms with Gasteiger partial charge in [0.2, 0.25) is 0 Å². The number of thiophene rings is 1. The molecule has 0 aliphatic carbocycles. The van der Waals surface area contributed by atoms with E-state index >= 15 is 0 Å². The third-order valence-electron chi connectivity index (χ3n) is 3.43. The number of benzene rings is 1. The third-order valence-corrected chi connectivity index (χ3v) is 4.30. The van der Waals surface area contributed by atoms with Crippen LogP contribution in [0.1, 0.15) is 27.2 Å². The zero-order chi connectivity index (χ0) is 16.7. The summed E-state index contributed by atoms with van der Waals surface area (Å²) in [7, 11) is 0. The Balaban J connectivity index is 1.70. The van der Waals surface area contributed by atoms with Crippen LogP contribution >= 0.6 is 11.3 Å². The van der Waals surface area contributed by atoms with Crippen molar-refractivity contribution in [2.75, 3.05) is 18.4 Å². The Hall–Kier alpha value is -2.34. The molecule has 0 spiro atoms. The van der Waals surface area contributed by atoms with Gasteiger partial charge in [-0.2, -0.15) is 0 Å². The molecule has 5 nitrogen and oxygen atoms in total. The first kappa shape index (κ1) is 17.0. The average molecular weight is 330 g/mol. The van der Waals surface area contributed by atoms with Crippen molar-refractivity contribution in [1.29, 1.82) is 0 Å². The number of hydrogen-bond acceptors (Lipinski definition) is 3. The highest BCUT2D eigenvalue weighted by molar-refractivity contribution is 7.12. The van der Waals surface area contributed by atoms with Crippen LogP contribution in [0.5, 0.6) is 0 Å². The second-order valence-electron chi connectivity index (χ2n) is 5.28. The first-order valence-electron chi connectivity index (χ1n) is 7.52. The number of rotatable bonds is 6. The quantitative estimate of drug-likeness (QED) is 0.433. The largest absolute Gasteiger partial charge is 0.370 e. The molecule has 4 N–H and O–H groups in total. The van der Waals surface area contributed by atoms with Gasteiger partial charge in [-0.25, -0.2) is 0 Å². The van der Waals surface area contributed by atoms with E-state index in [1.165, 1.54) is 22.5 Å². The van der Waals surface area contributed by atoms with E-state index < -0.39 is 0 Å². The highest BCUT2D eigenvalue weighted by Gasteiger charge is 2.04. The number of hydrogen-bond donors (Lipinski definition) is 3. The fourth-order valence-electron chi connectivity index (χ4n) is 1.98. The molecule has 2 aromatic rings. The Morgan fingerprint density at radius 3 is 2.78 bits per heavy atom. The van der Waals surface area contributed by atoms with E-state index in [9.17, 15) is 4.79 Å². The van der Waals surface area contributed by atoms with Gasteiger partial charge < -0.3 is 16.4 Å². The Bertz CT molecular complexity index is 680. The fraction of sp³-hybridized carbons (Fsp3) is 0.294. The van der Waals surface area contributed by atoms with Gasteiger partial charge in [-0.3, -0.25) is 9.79 Å². The van der Waals surface area contributed by atoms with E-state index in [2.05, 4.69) is 29.5 Å². The molecule has 0 saturated carbocycles. The van der Waals surface area contributed by atoms with Crippen LogP contribution in [0.4, 0.5) is 5.69 Å². The van der Waals surface area contributed by atoms with Crippen LogP contribution in [0.15, 0.2) is 40.7 Å². The summed E-state index contributed by atoms with van der Waals surface area (Å²) in [6.45, 7) is 5.27. The van der Waals surface area contributed by atoms with Crippen molar-refractivity contribution in [2.45, 2.75) is 20.3 Å². The second kappa shape index (κ2) is 8.33. The minimum Gasteiger partial charge on any atom is -0.370 e. The number of aryl methyl sites for hydroxylation is 2. The molecule has 2 rings (SSSR count). The van der Waals surface area contributed by atoms with E-state index in [0.29, 0.717) is 19.0 Å². The lowest BCUT2D eigenvalue weighted by Crippen LogP contribution is -2.25. The third kappa shape index (κ3) is 5.41. The summed E-state index contributed by atoms with van der Waals surface area (Å²) < 4.78 is 0. The van der Waals surface area contributed by atoms with Gasteiger partial charge in [-0.05, 0) is 55.0 Å². The number of carbonyl (C=O) groups is 1. The first-order valence-corrected chi connectivity index (χ1v) is 8.40. The number of amides is 1. The molecule has 0 aliphatic heterocycles. The number of anilines is 1. The topological polar surface area (TPSA) is 79.5 Å². The number of carbonyl (C=O) groups excluding carboxylic acids is 1. The maximum atomic E-state index is 11.7. The minimum absolute atomic E-state index is 0.0368. The fourth-order valence-corrected chi connectivity index (χ4v) is 2.62. The smallest absolute Gasteiger partial charge is 0.261 e. The van der Waals surface area contributed by atoms with Gasteiger partial charge in [0, 0.05) is 18.8 Å². The number of nitrogens with zero attached hydrogens (tertiary/aromatic N) is 1. The predicted octanol–water partition coefficient (Wildman–Crippen LogP) is 2.91. The van der Waals surface area contributed by atoms with Crippen LogP contribution in [0.3, 0.4) is 0 Å². The Morgan fingerprint density at radius 1 is 1.26 bits per heavy atom. The Labute approximate surface area is 140 Å². The molecule has 1 amide bonds. The first-order chi connectivity index (χ1) is 11.1. The van der Waals surface area contributed by atoms with Crippen LogP contribution in [0.25, 0.3) is 0 Å². The van der Waals surface area contributed by atoms with Crippen LogP contribution < -0.4 is 16.4 Å². The van der Waals surface area contributed by atoms with E-state index in [-0.39, 0.29) is 5.91 Å². The van der Waals surface area contributed by atoms with Gasteiger partial charge in [0.1, 0.15) is 0 Å². The highest BCUT2D eigenvalue weighted by atomic mass is 32.1. The summed E-state index contributed by atoms with van der Waals surface area (Å²) in [5.41, 5.74) is 9.25. The van der Waals surface area contributed by atoms with Gasteiger partial charge in [-0.1, -0.05) is 12.1 Å². The number of nitrogens with one attached hydrogen (secondary N) is 2. The lowest BCUT2D eigenvalue weighted by Gasteiger charge is -2.08. The zero-order valence-corrected chi connectivity index (χ0v) is 14.2. The summed E-state index contributed by atoms with van der Waals surface area (Å²) in [4.78, 5) is 16.7. The molecule has 0 bridgehead atoms. The summed E-state index contributed by atoms with van der Waals surface area (Å²) in [5, 5.41) is 7.82. The summed E-state index contributed by atoms with van der Waals surface area (Å²) in [5.74, 6) is 0.350. The Morgan fingerprint density at radius 2 is 2.09 bits per heavy atom. The Kier molecular flexibility index (Phi) is 6.17. The maximum absolute atomic E-state index is 11.7. The number of aliphatic imine (C=N–C) groups is 1. The van der Waals surface area contributed by atoms with Gasteiger partial charge in [0.15, 0.2) is 5.96 Å². The molecule has 0 radical (unpaired) electrons. The molecule has 0 saturated heterocycles.